The van der Waals surface area contributed by atoms with Crippen LogP contribution in [0.2, 0.25) is 5.02 Å². The molecule has 5 heteroatoms. The molecule has 0 spiro atoms. The molecule has 1 atom stereocenters. The standard InChI is InChI=1S/C21H17ClN2O2/c1-14-7-2-3-8-15(14)18-13-19(20-11-6-12-26-20)24(23-18)21(25)16-9-4-5-10-17(16)22/h2-12,19H,13H2,1H3/t19-/m0/s1. The van der Waals surface area contributed by atoms with Gasteiger partial charge < -0.3 is 4.42 Å². The zero-order valence-electron chi connectivity index (χ0n) is 14.2. The van der Waals surface area contributed by atoms with Gasteiger partial charge in [0.25, 0.3) is 5.91 Å². The van der Waals surface area contributed by atoms with E-state index in [-0.39, 0.29) is 11.9 Å². The summed E-state index contributed by atoms with van der Waals surface area (Å²) in [5.41, 5.74) is 3.46. The smallest absolute Gasteiger partial charge is 0.276 e. The predicted octanol–water partition coefficient (Wildman–Crippen LogP) is 5.23. The van der Waals surface area contributed by atoms with Gasteiger partial charge in [-0.2, -0.15) is 5.10 Å². The van der Waals surface area contributed by atoms with Gasteiger partial charge in [-0.25, -0.2) is 5.01 Å². The van der Waals surface area contributed by atoms with E-state index in [0.717, 1.165) is 16.8 Å². The fraction of sp³-hybridized carbons (Fsp3) is 0.143. The number of rotatable bonds is 3. The third kappa shape index (κ3) is 2.93. The number of hydrogen-bond donors (Lipinski definition) is 0. The predicted molar refractivity (Wildman–Crippen MR) is 101 cm³/mol. The van der Waals surface area contributed by atoms with Gasteiger partial charge in [-0.1, -0.05) is 48.0 Å². The summed E-state index contributed by atoms with van der Waals surface area (Å²) < 4.78 is 5.58. The molecule has 1 aliphatic rings. The minimum absolute atomic E-state index is 0.236. The van der Waals surface area contributed by atoms with Gasteiger partial charge in [0.2, 0.25) is 0 Å². The van der Waals surface area contributed by atoms with E-state index in [1.807, 2.05) is 43.3 Å². The van der Waals surface area contributed by atoms with E-state index in [9.17, 15) is 4.79 Å². The fourth-order valence-electron chi connectivity index (χ4n) is 3.22. The molecule has 26 heavy (non-hydrogen) atoms. The van der Waals surface area contributed by atoms with E-state index in [2.05, 4.69) is 5.10 Å². The van der Waals surface area contributed by atoms with Gasteiger partial charge in [0.15, 0.2) is 0 Å². The number of hydrazone groups is 1. The number of aryl methyl sites for hydroxylation is 1. The normalized spacial score (nSPS) is 16.6. The summed E-state index contributed by atoms with van der Waals surface area (Å²) in [4.78, 5) is 13.1. The Morgan fingerprint density at radius 1 is 1.12 bits per heavy atom. The van der Waals surface area contributed by atoms with E-state index < -0.39 is 0 Å². The van der Waals surface area contributed by atoms with Gasteiger partial charge in [-0.05, 0) is 36.8 Å². The van der Waals surface area contributed by atoms with Gasteiger partial charge in [0, 0.05) is 12.0 Å². The monoisotopic (exact) mass is 364 g/mol. The topological polar surface area (TPSA) is 45.8 Å². The molecule has 0 bridgehead atoms. The van der Waals surface area contributed by atoms with E-state index >= 15 is 0 Å². The van der Waals surface area contributed by atoms with Crippen molar-refractivity contribution in [3.63, 3.8) is 0 Å². The second-order valence-electron chi connectivity index (χ2n) is 6.23. The van der Waals surface area contributed by atoms with Crippen LogP contribution >= 0.6 is 11.6 Å². The number of halogens is 1. The average Bonchev–Trinajstić information content (AvgIpc) is 3.31. The zero-order chi connectivity index (χ0) is 18.1. The first-order chi connectivity index (χ1) is 12.6. The summed E-state index contributed by atoms with van der Waals surface area (Å²) in [5, 5.41) is 6.56. The molecule has 4 nitrogen and oxygen atoms in total. The van der Waals surface area contributed by atoms with Crippen LogP contribution in [0, 0.1) is 6.92 Å². The molecular formula is C21H17ClN2O2. The second kappa shape index (κ2) is 6.81. The summed E-state index contributed by atoms with van der Waals surface area (Å²) in [7, 11) is 0. The van der Waals surface area contributed by atoms with Gasteiger partial charge >= 0.3 is 0 Å². The first-order valence-electron chi connectivity index (χ1n) is 8.40. The van der Waals surface area contributed by atoms with E-state index in [4.69, 9.17) is 16.0 Å². The number of carbonyl (C=O) groups is 1. The van der Waals surface area contributed by atoms with Crippen molar-refractivity contribution in [1.82, 2.24) is 5.01 Å². The molecule has 0 unspecified atom stereocenters. The van der Waals surface area contributed by atoms with Gasteiger partial charge in [0.05, 0.1) is 22.6 Å². The van der Waals surface area contributed by atoms with E-state index in [1.54, 1.807) is 30.5 Å². The highest BCUT2D eigenvalue weighted by Crippen LogP contribution is 2.35. The van der Waals surface area contributed by atoms with Crippen molar-refractivity contribution >= 4 is 23.2 Å². The van der Waals surface area contributed by atoms with Gasteiger partial charge in [-0.15, -0.1) is 0 Å². The van der Waals surface area contributed by atoms with Crippen LogP contribution in [0.3, 0.4) is 0 Å². The summed E-state index contributed by atoms with van der Waals surface area (Å²) in [6.45, 7) is 2.04. The third-order valence-corrected chi connectivity index (χ3v) is 4.88. The molecule has 0 saturated heterocycles. The lowest BCUT2D eigenvalue weighted by atomic mass is 9.99. The molecule has 1 aliphatic heterocycles. The summed E-state index contributed by atoms with van der Waals surface area (Å²) in [6, 6.07) is 18.4. The molecule has 2 heterocycles. The molecule has 0 saturated carbocycles. The van der Waals surface area contributed by atoms with Crippen LogP contribution in [-0.2, 0) is 0 Å². The molecular weight excluding hydrogens is 348 g/mol. The lowest BCUT2D eigenvalue weighted by molar-refractivity contribution is 0.0693. The molecule has 0 N–H and O–H groups in total. The van der Waals surface area contributed by atoms with E-state index in [1.165, 1.54) is 5.01 Å². The quantitative estimate of drug-likeness (QED) is 0.638. The largest absolute Gasteiger partial charge is 0.467 e. The minimum atomic E-state index is -0.289. The molecule has 0 radical (unpaired) electrons. The molecule has 1 aromatic heterocycles. The Kier molecular flexibility index (Phi) is 4.35. The number of furan rings is 1. The highest BCUT2D eigenvalue weighted by molar-refractivity contribution is 6.33. The summed E-state index contributed by atoms with van der Waals surface area (Å²) in [5.74, 6) is 0.471. The molecule has 1 amide bonds. The van der Waals surface area contributed by atoms with Crippen molar-refractivity contribution in [3.8, 4) is 0 Å². The molecule has 3 aromatic rings. The Bertz CT molecular complexity index is 979. The van der Waals surface area contributed by atoms with E-state index in [0.29, 0.717) is 22.8 Å². The number of benzene rings is 2. The van der Waals surface area contributed by atoms with Crippen molar-refractivity contribution in [1.29, 1.82) is 0 Å². The average molecular weight is 365 g/mol. The fourth-order valence-corrected chi connectivity index (χ4v) is 3.43. The Morgan fingerprint density at radius 3 is 2.62 bits per heavy atom. The first kappa shape index (κ1) is 16.6. The molecule has 130 valence electrons. The number of hydrogen-bond acceptors (Lipinski definition) is 3. The van der Waals surface area contributed by atoms with Crippen LogP contribution < -0.4 is 0 Å². The highest BCUT2D eigenvalue weighted by Gasteiger charge is 2.36. The molecule has 0 fully saturated rings. The highest BCUT2D eigenvalue weighted by atomic mass is 35.5. The molecule has 0 aliphatic carbocycles. The third-order valence-electron chi connectivity index (χ3n) is 4.55. The Balaban J connectivity index is 1.76. The summed E-state index contributed by atoms with van der Waals surface area (Å²) in [6.07, 6.45) is 2.20. The summed E-state index contributed by atoms with van der Waals surface area (Å²) >= 11 is 6.23. The Morgan fingerprint density at radius 2 is 1.88 bits per heavy atom. The molecule has 4 rings (SSSR count). The maximum atomic E-state index is 13.1. The van der Waals surface area contributed by atoms with Crippen LogP contribution in [0.1, 0.15) is 39.7 Å². The van der Waals surface area contributed by atoms with Crippen molar-refractivity contribution in [2.24, 2.45) is 5.10 Å². The minimum Gasteiger partial charge on any atom is -0.467 e. The number of nitrogens with zero attached hydrogens (tertiary/aromatic N) is 2. The Labute approximate surface area is 156 Å². The van der Waals surface area contributed by atoms with Crippen molar-refractivity contribution in [3.05, 3.63) is 94.4 Å². The maximum absolute atomic E-state index is 13.1. The Hall–Kier alpha value is -2.85. The SMILES string of the molecule is Cc1ccccc1C1=NN(C(=O)c2ccccc2Cl)[C@H](c2ccco2)C1. The lowest BCUT2D eigenvalue weighted by Gasteiger charge is -2.20. The van der Waals surface area contributed by atoms with Crippen LogP contribution in [0.4, 0.5) is 0 Å². The molecule has 2 aromatic carbocycles. The first-order valence-corrected chi connectivity index (χ1v) is 8.78. The van der Waals surface area contributed by atoms with Crippen molar-refractivity contribution < 1.29 is 9.21 Å². The van der Waals surface area contributed by atoms with Crippen LogP contribution in [0.5, 0.6) is 0 Å². The maximum Gasteiger partial charge on any atom is 0.276 e. The van der Waals surface area contributed by atoms with Crippen molar-refractivity contribution in [2.75, 3.05) is 0 Å². The van der Waals surface area contributed by atoms with Gasteiger partial charge in [-0.3, -0.25) is 4.79 Å². The number of amides is 1. The van der Waals surface area contributed by atoms with Crippen molar-refractivity contribution in [2.45, 2.75) is 19.4 Å². The number of carbonyl (C=O) groups excluding carboxylic acids is 1. The van der Waals surface area contributed by atoms with Crippen LogP contribution in [0.15, 0.2) is 76.4 Å². The van der Waals surface area contributed by atoms with Gasteiger partial charge in [0.1, 0.15) is 11.8 Å². The lowest BCUT2D eigenvalue weighted by Crippen LogP contribution is -2.27. The zero-order valence-corrected chi connectivity index (χ0v) is 15.0. The van der Waals surface area contributed by atoms with Crippen LogP contribution in [0.25, 0.3) is 0 Å². The second-order valence-corrected chi connectivity index (χ2v) is 6.63. The van der Waals surface area contributed by atoms with Crippen LogP contribution in [-0.4, -0.2) is 16.6 Å².